The molecule has 6 aromatic carbocycles. The van der Waals surface area contributed by atoms with Gasteiger partial charge in [-0.1, -0.05) is 117 Å². The van der Waals surface area contributed by atoms with Crippen molar-refractivity contribution in [2.75, 3.05) is 0 Å². The first-order valence-corrected chi connectivity index (χ1v) is 14.0. The lowest BCUT2D eigenvalue weighted by atomic mass is 9.82. The van der Waals surface area contributed by atoms with Crippen molar-refractivity contribution in [2.24, 2.45) is 0 Å². The SMILES string of the molecule is CC1(C)c2ccccc2-c2cc(-c3cccc(-c4ccc5c6ccccc6n(-c6ccccc6)c5c4)c3)ccc21. The van der Waals surface area contributed by atoms with Gasteiger partial charge in [0, 0.05) is 21.9 Å². The lowest BCUT2D eigenvalue weighted by Gasteiger charge is -2.21. The van der Waals surface area contributed by atoms with Gasteiger partial charge < -0.3 is 4.57 Å². The maximum absolute atomic E-state index is 2.39. The third-order valence-electron chi connectivity index (χ3n) is 8.80. The van der Waals surface area contributed by atoms with E-state index in [0.717, 1.165) is 0 Å². The van der Waals surface area contributed by atoms with Gasteiger partial charge in [-0.25, -0.2) is 0 Å². The fourth-order valence-electron chi connectivity index (χ4n) is 6.78. The van der Waals surface area contributed by atoms with Crippen LogP contribution in [-0.2, 0) is 5.41 Å². The zero-order valence-corrected chi connectivity index (χ0v) is 22.7. The molecule has 0 radical (unpaired) electrons. The molecule has 0 atom stereocenters. The normalized spacial score (nSPS) is 13.4. The summed E-state index contributed by atoms with van der Waals surface area (Å²) in [4.78, 5) is 0. The van der Waals surface area contributed by atoms with Gasteiger partial charge in [0.15, 0.2) is 0 Å². The molecule has 0 saturated heterocycles. The summed E-state index contributed by atoms with van der Waals surface area (Å²) >= 11 is 0. The molecule has 0 spiro atoms. The van der Waals surface area contributed by atoms with Crippen LogP contribution in [0.5, 0.6) is 0 Å². The van der Waals surface area contributed by atoms with Crippen LogP contribution in [0.3, 0.4) is 0 Å². The smallest absolute Gasteiger partial charge is 0.0547 e. The molecule has 0 saturated carbocycles. The van der Waals surface area contributed by atoms with Gasteiger partial charge in [0.1, 0.15) is 0 Å². The Labute approximate surface area is 235 Å². The fourth-order valence-corrected chi connectivity index (χ4v) is 6.78. The fraction of sp³-hybridized carbons (Fsp3) is 0.0769. The van der Waals surface area contributed by atoms with E-state index in [9.17, 15) is 0 Å². The molecular formula is C39H29N. The zero-order valence-electron chi connectivity index (χ0n) is 22.7. The van der Waals surface area contributed by atoms with E-state index in [2.05, 4.69) is 158 Å². The standard InChI is InChI=1S/C39H29N/c1-39(2)35-17-8-6-15-31(35)34-24-28(20-22-36(34)39)26-11-10-12-27(23-26)29-19-21-33-32-16-7-9-18-37(32)40(38(33)25-29)30-13-4-3-5-14-30/h3-25H,1-2H3. The van der Waals surface area contributed by atoms with Gasteiger partial charge in [-0.05, 0) is 80.9 Å². The number of hydrogen-bond acceptors (Lipinski definition) is 0. The van der Waals surface area contributed by atoms with Crippen LogP contribution in [0, 0.1) is 0 Å². The first kappa shape index (κ1) is 23.0. The Morgan fingerprint density at radius 3 is 1.90 bits per heavy atom. The second kappa shape index (κ2) is 8.56. The Balaban J connectivity index is 1.27. The van der Waals surface area contributed by atoms with Crippen molar-refractivity contribution in [3.63, 3.8) is 0 Å². The Hall–Kier alpha value is -4.88. The lowest BCUT2D eigenvalue weighted by molar-refractivity contribution is 0.660. The van der Waals surface area contributed by atoms with Gasteiger partial charge in [0.05, 0.1) is 11.0 Å². The van der Waals surface area contributed by atoms with E-state index in [-0.39, 0.29) is 5.41 Å². The Bertz CT molecular complexity index is 2070. The molecule has 0 fully saturated rings. The summed E-state index contributed by atoms with van der Waals surface area (Å²) < 4.78 is 2.39. The van der Waals surface area contributed by atoms with Gasteiger partial charge >= 0.3 is 0 Å². The highest BCUT2D eigenvalue weighted by molar-refractivity contribution is 6.10. The molecule has 1 aliphatic carbocycles. The van der Waals surface area contributed by atoms with Crippen LogP contribution in [0.4, 0.5) is 0 Å². The molecule has 7 aromatic rings. The predicted molar refractivity (Wildman–Crippen MR) is 169 cm³/mol. The molecule has 1 heterocycles. The minimum Gasteiger partial charge on any atom is -0.309 e. The highest BCUT2D eigenvalue weighted by atomic mass is 15.0. The lowest BCUT2D eigenvalue weighted by Crippen LogP contribution is -2.14. The molecule has 40 heavy (non-hydrogen) atoms. The summed E-state index contributed by atoms with van der Waals surface area (Å²) in [5, 5.41) is 2.56. The largest absolute Gasteiger partial charge is 0.309 e. The number of rotatable bonds is 3. The summed E-state index contributed by atoms with van der Waals surface area (Å²) in [6.45, 7) is 4.67. The summed E-state index contributed by atoms with van der Waals surface area (Å²) in [5.74, 6) is 0. The average Bonchev–Trinajstić information content (AvgIpc) is 3.46. The van der Waals surface area contributed by atoms with E-state index >= 15 is 0 Å². The second-order valence-corrected chi connectivity index (χ2v) is 11.4. The topological polar surface area (TPSA) is 4.93 Å². The summed E-state index contributed by atoms with van der Waals surface area (Å²) in [5.41, 5.74) is 14.2. The van der Waals surface area contributed by atoms with Crippen molar-refractivity contribution in [1.29, 1.82) is 0 Å². The minimum atomic E-state index is 0.0267. The van der Waals surface area contributed by atoms with Crippen molar-refractivity contribution in [1.82, 2.24) is 4.57 Å². The summed E-state index contributed by atoms with van der Waals surface area (Å²) in [6, 6.07) is 51.1. The van der Waals surface area contributed by atoms with E-state index in [4.69, 9.17) is 0 Å². The van der Waals surface area contributed by atoms with Crippen molar-refractivity contribution in [2.45, 2.75) is 19.3 Å². The third-order valence-corrected chi connectivity index (χ3v) is 8.80. The number of aromatic nitrogens is 1. The zero-order chi connectivity index (χ0) is 26.8. The van der Waals surface area contributed by atoms with Crippen LogP contribution in [-0.4, -0.2) is 4.57 Å². The Morgan fingerprint density at radius 2 is 1.05 bits per heavy atom. The summed E-state index contributed by atoms with van der Waals surface area (Å²) in [7, 11) is 0. The minimum absolute atomic E-state index is 0.0267. The van der Waals surface area contributed by atoms with Crippen LogP contribution in [0.25, 0.3) is 60.9 Å². The van der Waals surface area contributed by atoms with Gasteiger partial charge in [-0.2, -0.15) is 0 Å². The maximum Gasteiger partial charge on any atom is 0.0547 e. The Morgan fingerprint density at radius 1 is 0.425 bits per heavy atom. The maximum atomic E-state index is 2.39. The van der Waals surface area contributed by atoms with Gasteiger partial charge in [0.2, 0.25) is 0 Å². The van der Waals surface area contributed by atoms with Crippen molar-refractivity contribution in [3.8, 4) is 39.1 Å². The van der Waals surface area contributed by atoms with Gasteiger partial charge in [-0.3, -0.25) is 0 Å². The molecular weight excluding hydrogens is 482 g/mol. The van der Waals surface area contributed by atoms with Crippen molar-refractivity contribution < 1.29 is 0 Å². The van der Waals surface area contributed by atoms with E-state index < -0.39 is 0 Å². The van der Waals surface area contributed by atoms with Crippen LogP contribution in [0.1, 0.15) is 25.0 Å². The van der Waals surface area contributed by atoms with E-state index in [0.29, 0.717) is 0 Å². The number of hydrogen-bond donors (Lipinski definition) is 0. The molecule has 8 rings (SSSR count). The molecule has 0 bridgehead atoms. The molecule has 1 heteroatoms. The second-order valence-electron chi connectivity index (χ2n) is 11.4. The van der Waals surface area contributed by atoms with Gasteiger partial charge in [-0.15, -0.1) is 0 Å². The quantitative estimate of drug-likeness (QED) is 0.222. The van der Waals surface area contributed by atoms with E-state index in [1.165, 1.54) is 72.0 Å². The number of fused-ring (bicyclic) bond motifs is 6. The van der Waals surface area contributed by atoms with Crippen LogP contribution in [0.15, 0.2) is 140 Å². The first-order valence-electron chi connectivity index (χ1n) is 14.0. The molecule has 0 N–H and O–H groups in total. The molecule has 190 valence electrons. The van der Waals surface area contributed by atoms with E-state index in [1.54, 1.807) is 0 Å². The first-order chi connectivity index (χ1) is 19.6. The molecule has 1 aliphatic rings. The molecule has 0 amide bonds. The highest BCUT2D eigenvalue weighted by Gasteiger charge is 2.35. The third kappa shape index (κ3) is 3.34. The van der Waals surface area contributed by atoms with Crippen LogP contribution >= 0.6 is 0 Å². The van der Waals surface area contributed by atoms with Crippen LogP contribution < -0.4 is 0 Å². The number of para-hydroxylation sites is 2. The van der Waals surface area contributed by atoms with Gasteiger partial charge in [0.25, 0.3) is 0 Å². The number of nitrogens with zero attached hydrogens (tertiary/aromatic N) is 1. The Kier molecular flexibility index (Phi) is 4.93. The molecule has 1 aromatic heterocycles. The molecule has 0 aliphatic heterocycles. The van der Waals surface area contributed by atoms with E-state index in [1.807, 2.05) is 0 Å². The highest BCUT2D eigenvalue weighted by Crippen LogP contribution is 2.49. The molecule has 1 nitrogen and oxygen atoms in total. The predicted octanol–water partition coefficient (Wildman–Crippen LogP) is 10.4. The van der Waals surface area contributed by atoms with Crippen molar-refractivity contribution >= 4 is 21.8 Å². The monoisotopic (exact) mass is 511 g/mol. The van der Waals surface area contributed by atoms with Crippen LogP contribution in [0.2, 0.25) is 0 Å². The van der Waals surface area contributed by atoms with Crippen molar-refractivity contribution in [3.05, 3.63) is 151 Å². The molecule has 0 unspecified atom stereocenters. The number of benzene rings is 6. The average molecular weight is 512 g/mol. The summed E-state index contributed by atoms with van der Waals surface area (Å²) in [6.07, 6.45) is 0.